The first kappa shape index (κ1) is 17.0. The lowest BCUT2D eigenvalue weighted by atomic mass is 9.95. The molecular formula is C16H24ClN3. The SMILES string of the molecule is CCC(N)C(c1ccccc1Cl)N(CC)CC(C)C#N. The standard InChI is InChI=1S/C16H24ClN3/c1-4-15(19)16(13-8-6-7-9-14(13)17)20(5-2)11-12(3)10-18/h6-9,12,15-16H,4-5,11,19H2,1-3H3. The topological polar surface area (TPSA) is 53.0 Å². The van der Waals surface area contributed by atoms with Crippen LogP contribution >= 0.6 is 11.6 Å². The van der Waals surface area contributed by atoms with Crippen LogP contribution in [0, 0.1) is 17.2 Å². The molecule has 0 aliphatic carbocycles. The van der Waals surface area contributed by atoms with Crippen molar-refractivity contribution in [3.8, 4) is 6.07 Å². The van der Waals surface area contributed by atoms with Gasteiger partial charge in [0.15, 0.2) is 0 Å². The number of hydrogen-bond donors (Lipinski definition) is 1. The predicted octanol–water partition coefficient (Wildman–Crippen LogP) is 3.60. The van der Waals surface area contributed by atoms with E-state index in [1.807, 2.05) is 31.2 Å². The van der Waals surface area contributed by atoms with Crippen molar-refractivity contribution in [3.05, 3.63) is 34.9 Å². The average molecular weight is 294 g/mol. The van der Waals surface area contributed by atoms with Crippen LogP contribution in [-0.4, -0.2) is 24.0 Å². The van der Waals surface area contributed by atoms with Crippen LogP contribution in [0.1, 0.15) is 38.8 Å². The molecule has 0 heterocycles. The van der Waals surface area contributed by atoms with Gasteiger partial charge in [-0.25, -0.2) is 0 Å². The Hall–Kier alpha value is -1.08. The highest BCUT2D eigenvalue weighted by Crippen LogP contribution is 2.31. The minimum absolute atomic E-state index is 0.000688. The number of benzene rings is 1. The molecule has 0 aliphatic heterocycles. The van der Waals surface area contributed by atoms with Gasteiger partial charge in [0.2, 0.25) is 0 Å². The maximum atomic E-state index is 9.05. The third kappa shape index (κ3) is 4.21. The van der Waals surface area contributed by atoms with Gasteiger partial charge in [-0.1, -0.05) is 43.6 Å². The second kappa shape index (κ2) is 8.26. The fourth-order valence-corrected chi connectivity index (χ4v) is 2.72. The zero-order chi connectivity index (χ0) is 15.1. The highest BCUT2D eigenvalue weighted by molar-refractivity contribution is 6.31. The molecule has 2 N–H and O–H groups in total. The molecule has 0 aliphatic rings. The monoisotopic (exact) mass is 293 g/mol. The first-order valence-electron chi connectivity index (χ1n) is 7.18. The molecule has 3 unspecified atom stereocenters. The number of nitrogens with zero attached hydrogens (tertiary/aromatic N) is 2. The Morgan fingerprint density at radius 2 is 2.00 bits per heavy atom. The molecule has 0 bridgehead atoms. The molecule has 1 aromatic carbocycles. The zero-order valence-corrected chi connectivity index (χ0v) is 13.3. The van der Waals surface area contributed by atoms with Gasteiger partial charge in [-0.2, -0.15) is 5.26 Å². The summed E-state index contributed by atoms with van der Waals surface area (Å²) in [6.45, 7) is 7.66. The van der Waals surface area contributed by atoms with E-state index in [1.165, 1.54) is 0 Å². The van der Waals surface area contributed by atoms with E-state index >= 15 is 0 Å². The molecule has 0 saturated heterocycles. The fraction of sp³-hybridized carbons (Fsp3) is 0.562. The van der Waals surface area contributed by atoms with Crippen LogP contribution in [-0.2, 0) is 0 Å². The summed E-state index contributed by atoms with van der Waals surface area (Å²) in [7, 11) is 0. The van der Waals surface area contributed by atoms with Gasteiger partial charge in [-0.3, -0.25) is 4.90 Å². The Labute approximate surface area is 127 Å². The average Bonchev–Trinajstić information content (AvgIpc) is 2.47. The van der Waals surface area contributed by atoms with E-state index in [9.17, 15) is 0 Å². The molecule has 3 nitrogen and oxygen atoms in total. The van der Waals surface area contributed by atoms with Gasteiger partial charge in [0.1, 0.15) is 0 Å². The van der Waals surface area contributed by atoms with Crippen LogP contribution in [0.3, 0.4) is 0 Å². The number of likely N-dealkylation sites (N-methyl/N-ethyl adjacent to an activating group) is 1. The Morgan fingerprint density at radius 3 is 2.50 bits per heavy atom. The van der Waals surface area contributed by atoms with E-state index in [1.54, 1.807) is 0 Å². The van der Waals surface area contributed by atoms with Crippen molar-refractivity contribution in [1.29, 1.82) is 5.26 Å². The fourth-order valence-electron chi connectivity index (χ4n) is 2.47. The van der Waals surface area contributed by atoms with E-state index in [-0.39, 0.29) is 18.0 Å². The maximum absolute atomic E-state index is 9.05. The van der Waals surface area contributed by atoms with E-state index in [2.05, 4.69) is 24.8 Å². The molecule has 3 atom stereocenters. The van der Waals surface area contributed by atoms with Gasteiger partial charge >= 0.3 is 0 Å². The lowest BCUT2D eigenvalue weighted by Gasteiger charge is -2.36. The number of halogens is 1. The van der Waals surface area contributed by atoms with Crippen molar-refractivity contribution >= 4 is 11.6 Å². The first-order chi connectivity index (χ1) is 9.54. The molecule has 0 aromatic heterocycles. The highest BCUT2D eigenvalue weighted by atomic mass is 35.5. The summed E-state index contributed by atoms with van der Waals surface area (Å²) >= 11 is 6.34. The second-order valence-electron chi connectivity index (χ2n) is 5.16. The van der Waals surface area contributed by atoms with Crippen molar-refractivity contribution in [2.75, 3.05) is 13.1 Å². The third-order valence-electron chi connectivity index (χ3n) is 3.63. The van der Waals surface area contributed by atoms with Crippen LogP contribution in [0.4, 0.5) is 0 Å². The number of nitriles is 1. The minimum Gasteiger partial charge on any atom is -0.326 e. The van der Waals surface area contributed by atoms with Crippen molar-refractivity contribution in [1.82, 2.24) is 4.90 Å². The summed E-state index contributed by atoms with van der Waals surface area (Å²) in [5.41, 5.74) is 7.38. The van der Waals surface area contributed by atoms with E-state index in [0.717, 1.165) is 23.6 Å². The molecule has 0 radical (unpaired) electrons. The van der Waals surface area contributed by atoms with E-state index < -0.39 is 0 Å². The van der Waals surface area contributed by atoms with Crippen LogP contribution < -0.4 is 5.73 Å². The molecule has 1 aromatic rings. The zero-order valence-electron chi connectivity index (χ0n) is 12.5. The van der Waals surface area contributed by atoms with Crippen molar-refractivity contribution in [2.24, 2.45) is 11.7 Å². The summed E-state index contributed by atoms with van der Waals surface area (Å²) < 4.78 is 0. The van der Waals surface area contributed by atoms with Crippen LogP contribution in [0.25, 0.3) is 0 Å². The van der Waals surface area contributed by atoms with Crippen molar-refractivity contribution in [3.63, 3.8) is 0 Å². The Morgan fingerprint density at radius 1 is 1.35 bits per heavy atom. The lowest BCUT2D eigenvalue weighted by molar-refractivity contribution is 0.166. The molecular weight excluding hydrogens is 270 g/mol. The van der Waals surface area contributed by atoms with Crippen molar-refractivity contribution < 1.29 is 0 Å². The van der Waals surface area contributed by atoms with Gasteiger partial charge in [0.25, 0.3) is 0 Å². The Bertz CT molecular complexity index is 455. The predicted molar refractivity (Wildman–Crippen MR) is 84.5 cm³/mol. The number of nitrogens with two attached hydrogens (primary N) is 1. The van der Waals surface area contributed by atoms with E-state index in [0.29, 0.717) is 6.54 Å². The van der Waals surface area contributed by atoms with Crippen LogP contribution in [0.2, 0.25) is 5.02 Å². The van der Waals surface area contributed by atoms with Gasteiger partial charge in [0.05, 0.1) is 18.0 Å². The molecule has 1 rings (SSSR count). The van der Waals surface area contributed by atoms with Gasteiger partial charge in [-0.05, 0) is 31.5 Å². The molecule has 0 fully saturated rings. The summed E-state index contributed by atoms with van der Waals surface area (Å²) in [6.07, 6.45) is 0.868. The molecule has 0 amide bonds. The smallest absolute Gasteiger partial charge is 0.0666 e. The highest BCUT2D eigenvalue weighted by Gasteiger charge is 2.27. The largest absolute Gasteiger partial charge is 0.326 e. The van der Waals surface area contributed by atoms with Crippen LogP contribution in [0.5, 0.6) is 0 Å². The first-order valence-corrected chi connectivity index (χ1v) is 7.56. The molecule has 4 heteroatoms. The maximum Gasteiger partial charge on any atom is 0.0666 e. The summed E-state index contributed by atoms with van der Waals surface area (Å²) in [4.78, 5) is 2.25. The molecule has 0 spiro atoms. The summed E-state index contributed by atoms with van der Waals surface area (Å²) in [5.74, 6) is -0.0241. The summed E-state index contributed by atoms with van der Waals surface area (Å²) in [6, 6.07) is 10.2. The van der Waals surface area contributed by atoms with Crippen molar-refractivity contribution in [2.45, 2.75) is 39.3 Å². The summed E-state index contributed by atoms with van der Waals surface area (Å²) in [5, 5.41) is 9.79. The van der Waals surface area contributed by atoms with Gasteiger partial charge < -0.3 is 5.73 Å². The molecule has 110 valence electrons. The quantitative estimate of drug-likeness (QED) is 0.835. The second-order valence-corrected chi connectivity index (χ2v) is 5.56. The minimum atomic E-state index is -0.0241. The van der Waals surface area contributed by atoms with Gasteiger partial charge in [-0.15, -0.1) is 0 Å². The van der Waals surface area contributed by atoms with Gasteiger partial charge in [0, 0.05) is 17.6 Å². The lowest BCUT2D eigenvalue weighted by Crippen LogP contribution is -2.42. The molecule has 0 saturated carbocycles. The Kier molecular flexibility index (Phi) is 7.01. The number of rotatable bonds is 7. The number of hydrogen-bond acceptors (Lipinski definition) is 3. The molecule has 20 heavy (non-hydrogen) atoms. The normalized spacial score (nSPS) is 15.7. The van der Waals surface area contributed by atoms with E-state index in [4.69, 9.17) is 22.6 Å². The Balaban J connectivity index is 3.11. The third-order valence-corrected chi connectivity index (χ3v) is 3.97. The van der Waals surface area contributed by atoms with Crippen LogP contribution in [0.15, 0.2) is 24.3 Å².